The van der Waals surface area contributed by atoms with E-state index in [4.69, 9.17) is 0 Å². The molecule has 3 unspecified atom stereocenters. The van der Waals surface area contributed by atoms with Gasteiger partial charge in [0.15, 0.2) is 0 Å². The van der Waals surface area contributed by atoms with Crippen molar-refractivity contribution in [2.45, 2.75) is 120 Å². The van der Waals surface area contributed by atoms with Gasteiger partial charge in [-0.1, -0.05) is 25.8 Å². The first-order valence-electron chi connectivity index (χ1n) is 17.2. The smallest absolute Gasteiger partial charge is 0.460 e. The topological polar surface area (TPSA) is 23.5 Å². The number of halogens is 9. The fraction of sp³-hybridized carbons (Fsp3) is 0.829. The number of phenols is 1. The summed E-state index contributed by atoms with van der Waals surface area (Å²) in [7, 11) is 1.93. The van der Waals surface area contributed by atoms with E-state index in [1.54, 1.807) is 0 Å². The number of hydrogen-bond donors (Lipinski definition) is 1. The summed E-state index contributed by atoms with van der Waals surface area (Å²) in [6.45, 7) is 4.04. The molecule has 0 aliphatic heterocycles. The number of phenolic OH excluding ortho intramolecular Hbond substituents is 1. The number of rotatable bonds is 15. The molecule has 47 heavy (non-hydrogen) atoms. The minimum absolute atomic E-state index is 0.296. The predicted molar refractivity (Wildman–Crippen MR) is 167 cm³/mol. The van der Waals surface area contributed by atoms with Crippen molar-refractivity contribution in [3.63, 3.8) is 0 Å². The Hall–Kier alpha value is -1.30. The number of hydrogen-bond acceptors (Lipinski definition) is 3. The molecular formula is C35H48F9NOS. The average molecular weight is 702 g/mol. The van der Waals surface area contributed by atoms with Gasteiger partial charge in [-0.3, -0.25) is 0 Å². The van der Waals surface area contributed by atoms with Gasteiger partial charge in [0.25, 0.3) is 0 Å². The van der Waals surface area contributed by atoms with Gasteiger partial charge in [-0.15, -0.1) is 0 Å². The van der Waals surface area contributed by atoms with Gasteiger partial charge in [-0.25, -0.2) is 0 Å². The Balaban J connectivity index is 1.02. The molecule has 1 aromatic rings. The van der Waals surface area contributed by atoms with E-state index in [0.29, 0.717) is 53.1 Å². The van der Waals surface area contributed by atoms with Crippen molar-refractivity contribution < 1.29 is 44.6 Å². The van der Waals surface area contributed by atoms with Crippen LogP contribution in [0.5, 0.6) is 5.75 Å². The normalized spacial score (nSPS) is 28.8. The highest BCUT2D eigenvalue weighted by Gasteiger charge is 2.81. The third-order valence-corrected chi connectivity index (χ3v) is 13.6. The van der Waals surface area contributed by atoms with E-state index in [1.807, 2.05) is 19.2 Å². The van der Waals surface area contributed by atoms with Gasteiger partial charge in [0.2, 0.25) is 0 Å². The third-order valence-electron chi connectivity index (χ3n) is 12.5. The maximum atomic E-state index is 13.7. The number of benzene rings is 1. The van der Waals surface area contributed by atoms with Crippen molar-refractivity contribution in [1.82, 2.24) is 4.90 Å². The fourth-order valence-corrected chi connectivity index (χ4v) is 10.6. The lowest BCUT2D eigenvalue weighted by atomic mass is 9.50. The summed E-state index contributed by atoms with van der Waals surface area (Å²) >= 11 is 0.837. The zero-order valence-electron chi connectivity index (χ0n) is 27.3. The Bertz CT molecular complexity index is 1240. The molecule has 2 nitrogen and oxygen atoms in total. The molecule has 0 amide bonds. The van der Waals surface area contributed by atoms with Crippen LogP contribution in [0.2, 0.25) is 0 Å². The second-order valence-electron chi connectivity index (χ2n) is 15.1. The number of thioether (sulfide) groups is 1. The van der Waals surface area contributed by atoms with Gasteiger partial charge in [0, 0.05) is 6.42 Å². The van der Waals surface area contributed by atoms with Crippen LogP contribution in [0.3, 0.4) is 0 Å². The van der Waals surface area contributed by atoms with Gasteiger partial charge in [-0.05, 0) is 154 Å². The molecule has 1 N–H and O–H groups in total. The molecule has 0 bridgehead atoms. The van der Waals surface area contributed by atoms with Crippen molar-refractivity contribution in [3.8, 4) is 5.75 Å². The van der Waals surface area contributed by atoms with Crippen molar-refractivity contribution in [3.05, 3.63) is 29.3 Å². The van der Waals surface area contributed by atoms with E-state index in [9.17, 15) is 44.6 Å². The van der Waals surface area contributed by atoms with Crippen molar-refractivity contribution in [2.24, 2.45) is 28.6 Å². The molecule has 0 aromatic heterocycles. The van der Waals surface area contributed by atoms with E-state index in [0.717, 1.165) is 56.3 Å². The lowest BCUT2D eigenvalue weighted by Crippen LogP contribution is -2.60. The number of aromatic hydroxyl groups is 1. The lowest BCUT2D eigenvalue weighted by molar-refractivity contribution is -0.396. The second-order valence-corrected chi connectivity index (χ2v) is 16.4. The van der Waals surface area contributed by atoms with E-state index in [2.05, 4.69) is 17.9 Å². The van der Waals surface area contributed by atoms with E-state index in [1.165, 1.54) is 49.7 Å². The summed E-state index contributed by atoms with van der Waals surface area (Å²) in [5.74, 6) is -16.2. The fourth-order valence-electron chi connectivity index (χ4n) is 9.64. The second kappa shape index (κ2) is 13.4. The molecule has 12 heteroatoms. The van der Waals surface area contributed by atoms with Gasteiger partial charge in [0.05, 0.1) is 0 Å². The predicted octanol–water partition coefficient (Wildman–Crippen LogP) is 10.7. The number of fused-ring (bicyclic) bond motifs is 6. The zero-order valence-corrected chi connectivity index (χ0v) is 28.1. The Morgan fingerprint density at radius 2 is 1.55 bits per heavy atom. The van der Waals surface area contributed by atoms with Crippen LogP contribution in [-0.4, -0.2) is 65.6 Å². The summed E-state index contributed by atoms with van der Waals surface area (Å²) in [5.41, 5.74) is 3.81. The summed E-state index contributed by atoms with van der Waals surface area (Å²) in [5, 5.41) is 10.2. The first-order chi connectivity index (χ1) is 21.9. The van der Waals surface area contributed by atoms with Crippen molar-refractivity contribution >= 4 is 11.8 Å². The molecule has 0 heterocycles. The Kier molecular flexibility index (Phi) is 10.6. The van der Waals surface area contributed by atoms with Crippen molar-refractivity contribution in [2.75, 3.05) is 31.6 Å². The van der Waals surface area contributed by atoms with E-state index in [-0.39, 0.29) is 0 Å². The molecule has 268 valence electrons. The van der Waals surface area contributed by atoms with E-state index >= 15 is 0 Å². The Labute approximate surface area is 276 Å². The van der Waals surface area contributed by atoms with Crippen LogP contribution in [0.15, 0.2) is 18.2 Å². The van der Waals surface area contributed by atoms with Crippen LogP contribution in [0.4, 0.5) is 39.5 Å². The van der Waals surface area contributed by atoms with Crippen LogP contribution in [0, 0.1) is 28.6 Å². The highest BCUT2D eigenvalue weighted by Crippen LogP contribution is 2.76. The molecule has 1 aromatic carbocycles. The van der Waals surface area contributed by atoms with Crippen LogP contribution in [-0.2, 0) is 6.42 Å². The van der Waals surface area contributed by atoms with Crippen LogP contribution in [0.25, 0.3) is 0 Å². The van der Waals surface area contributed by atoms with Crippen molar-refractivity contribution in [1.29, 1.82) is 0 Å². The molecule has 5 atom stereocenters. The first kappa shape index (κ1) is 37.0. The monoisotopic (exact) mass is 701 g/mol. The largest absolute Gasteiger partial charge is 0.508 e. The Morgan fingerprint density at radius 1 is 0.851 bits per heavy atom. The third kappa shape index (κ3) is 6.90. The van der Waals surface area contributed by atoms with Crippen LogP contribution >= 0.6 is 11.8 Å². The summed E-state index contributed by atoms with van der Waals surface area (Å²) in [4.78, 5) is 2.10. The molecule has 5 rings (SSSR count). The number of unbranched alkanes of at least 4 members (excludes halogenated alkanes) is 2. The summed E-state index contributed by atoms with van der Waals surface area (Å²) < 4.78 is 117. The molecule has 4 aliphatic rings. The lowest BCUT2D eigenvalue weighted by Gasteiger charge is -2.54. The minimum atomic E-state index is -6.82. The van der Waals surface area contributed by atoms with Crippen LogP contribution in [0.1, 0.15) is 101 Å². The zero-order chi connectivity index (χ0) is 34.5. The highest BCUT2D eigenvalue weighted by molar-refractivity contribution is 7.99. The molecule has 4 aliphatic carbocycles. The maximum Gasteiger partial charge on any atom is 0.460 e. The molecule has 3 saturated carbocycles. The first-order valence-corrected chi connectivity index (χ1v) is 18.3. The Morgan fingerprint density at radius 3 is 2.23 bits per heavy atom. The van der Waals surface area contributed by atoms with Gasteiger partial charge < -0.3 is 10.0 Å². The molecule has 3 fully saturated rings. The standard InChI is InChI=1S/C35H48F9NOS/c1-30-12-10-27-26-9-8-25(46)22-24(26)21-23(29(27)28(30)11-13-31(30)14-15-31)7-4-3-5-17-45(2)18-6-19-47-20-16-32(36,37)33(38,39)34(40,41)35(42,43)44/h8-9,22-23,27-29,46H,3-7,10-21H2,1-2H3/t23-,27?,28?,29?,30+/m1/s1. The van der Waals surface area contributed by atoms with Crippen LogP contribution < -0.4 is 0 Å². The van der Waals surface area contributed by atoms with Gasteiger partial charge in [0.1, 0.15) is 5.75 Å². The quantitative estimate of drug-likeness (QED) is 0.145. The minimum Gasteiger partial charge on any atom is -0.508 e. The molecular weight excluding hydrogens is 653 g/mol. The van der Waals surface area contributed by atoms with Gasteiger partial charge in [-0.2, -0.15) is 51.3 Å². The average Bonchev–Trinajstić information content (AvgIpc) is 3.72. The molecule has 0 saturated heterocycles. The molecule has 0 radical (unpaired) electrons. The molecule has 1 spiro atoms. The highest BCUT2D eigenvalue weighted by atomic mass is 32.2. The maximum absolute atomic E-state index is 13.7. The van der Waals surface area contributed by atoms with Gasteiger partial charge >= 0.3 is 23.9 Å². The number of alkyl halides is 9. The summed E-state index contributed by atoms with van der Waals surface area (Å²) in [6, 6.07) is 6.00. The number of nitrogens with zero attached hydrogens (tertiary/aromatic N) is 1. The summed E-state index contributed by atoms with van der Waals surface area (Å²) in [6.07, 6.45) is 5.38. The SMILES string of the molecule is CN(CCCCC[C@@H]1Cc2cc(O)ccc2C2CC[C@@]3(C)C(CCC34CC4)C21)CCCSCCC(F)(F)C(F)(F)C(F)(F)C(F)(F)F. The van der Waals surface area contributed by atoms with E-state index < -0.39 is 36.1 Å².